The molecule has 0 bridgehead atoms. The number of aliphatic hydroxyl groups is 1. The third-order valence-electron chi connectivity index (χ3n) is 3.48. The van der Waals surface area contributed by atoms with Gasteiger partial charge in [0.15, 0.2) is 0 Å². The lowest BCUT2D eigenvalue weighted by atomic mass is 10.1. The van der Waals surface area contributed by atoms with Crippen molar-refractivity contribution in [2.45, 2.75) is 26.6 Å². The third kappa shape index (κ3) is 4.28. The quantitative estimate of drug-likeness (QED) is 0.850. The Morgan fingerprint density at radius 2 is 2.05 bits per heavy atom. The number of rotatable bonds is 7. The number of methoxy groups -OCH3 is 1. The molecule has 21 heavy (non-hydrogen) atoms. The first-order valence-corrected chi connectivity index (χ1v) is 7.15. The lowest BCUT2D eigenvalue weighted by molar-refractivity contribution is 0.261. The second-order valence-electron chi connectivity index (χ2n) is 4.93. The predicted molar refractivity (Wildman–Crippen MR) is 82.9 cm³/mol. The van der Waals surface area contributed by atoms with E-state index in [2.05, 4.69) is 16.8 Å². The number of pyridine rings is 1. The number of hydrogen-bond acceptors (Lipinski definition) is 4. The predicted octanol–water partition coefficient (Wildman–Crippen LogP) is 2.60. The van der Waals surface area contributed by atoms with Gasteiger partial charge in [0.05, 0.1) is 19.4 Å². The van der Waals surface area contributed by atoms with Gasteiger partial charge < -0.3 is 9.84 Å². The fourth-order valence-corrected chi connectivity index (χ4v) is 2.30. The van der Waals surface area contributed by atoms with E-state index in [1.807, 2.05) is 42.6 Å². The Hall–Kier alpha value is -1.91. The SMILES string of the molecule is CCN(Cc1ccccn1)Cc1cc(CO)ccc1OC. The first-order valence-electron chi connectivity index (χ1n) is 7.15. The van der Waals surface area contributed by atoms with Gasteiger partial charge in [0.2, 0.25) is 0 Å². The molecular weight excluding hydrogens is 264 g/mol. The van der Waals surface area contributed by atoms with Gasteiger partial charge in [-0.25, -0.2) is 0 Å². The van der Waals surface area contributed by atoms with Crippen LogP contribution in [0.15, 0.2) is 42.6 Å². The number of hydrogen-bond donors (Lipinski definition) is 1. The second kappa shape index (κ2) is 7.76. The number of aromatic nitrogens is 1. The summed E-state index contributed by atoms with van der Waals surface area (Å²) in [6.07, 6.45) is 1.82. The van der Waals surface area contributed by atoms with Crippen LogP contribution in [0.3, 0.4) is 0 Å². The van der Waals surface area contributed by atoms with Crippen LogP contribution in [0.1, 0.15) is 23.7 Å². The van der Waals surface area contributed by atoms with Crippen LogP contribution >= 0.6 is 0 Å². The van der Waals surface area contributed by atoms with Gasteiger partial charge in [-0.1, -0.05) is 19.1 Å². The van der Waals surface area contributed by atoms with Gasteiger partial charge in [-0.15, -0.1) is 0 Å². The summed E-state index contributed by atoms with van der Waals surface area (Å²) < 4.78 is 5.42. The average molecular weight is 286 g/mol. The highest BCUT2D eigenvalue weighted by Crippen LogP contribution is 2.22. The molecule has 112 valence electrons. The maximum absolute atomic E-state index is 9.29. The molecule has 0 fully saturated rings. The zero-order valence-electron chi connectivity index (χ0n) is 12.6. The Balaban J connectivity index is 2.14. The van der Waals surface area contributed by atoms with Gasteiger partial charge in [-0.05, 0) is 36.4 Å². The van der Waals surface area contributed by atoms with Crippen LogP contribution in [0.5, 0.6) is 5.75 Å². The molecule has 0 unspecified atom stereocenters. The van der Waals surface area contributed by atoms with Crippen LogP contribution in [0.4, 0.5) is 0 Å². The normalized spacial score (nSPS) is 10.9. The van der Waals surface area contributed by atoms with Crippen molar-refractivity contribution >= 4 is 0 Å². The van der Waals surface area contributed by atoms with E-state index in [1.165, 1.54) is 0 Å². The van der Waals surface area contributed by atoms with Crippen LogP contribution in [0.2, 0.25) is 0 Å². The fraction of sp³-hybridized carbons (Fsp3) is 0.353. The van der Waals surface area contributed by atoms with E-state index in [0.717, 1.165) is 42.2 Å². The molecular formula is C17H22N2O2. The summed E-state index contributed by atoms with van der Waals surface area (Å²) in [6, 6.07) is 11.8. The Kier molecular flexibility index (Phi) is 5.72. The van der Waals surface area contributed by atoms with Crippen molar-refractivity contribution < 1.29 is 9.84 Å². The summed E-state index contributed by atoms with van der Waals surface area (Å²) in [7, 11) is 1.67. The molecule has 0 amide bonds. The first kappa shape index (κ1) is 15.5. The van der Waals surface area contributed by atoms with Gasteiger partial charge >= 0.3 is 0 Å². The van der Waals surface area contributed by atoms with Crippen molar-refractivity contribution in [1.82, 2.24) is 9.88 Å². The van der Waals surface area contributed by atoms with Crippen molar-refractivity contribution in [2.75, 3.05) is 13.7 Å². The van der Waals surface area contributed by atoms with Gasteiger partial charge in [-0.3, -0.25) is 9.88 Å². The summed E-state index contributed by atoms with van der Waals surface area (Å²) in [4.78, 5) is 6.66. The molecule has 0 atom stereocenters. The lowest BCUT2D eigenvalue weighted by Gasteiger charge is -2.21. The Morgan fingerprint density at radius 3 is 2.67 bits per heavy atom. The van der Waals surface area contributed by atoms with Gasteiger partial charge in [0, 0.05) is 24.8 Å². The molecule has 1 heterocycles. The molecule has 4 heteroatoms. The van der Waals surface area contributed by atoms with Crippen molar-refractivity contribution in [3.63, 3.8) is 0 Å². The largest absolute Gasteiger partial charge is 0.496 e. The summed E-state index contributed by atoms with van der Waals surface area (Å²) in [6.45, 7) is 4.66. The van der Waals surface area contributed by atoms with Crippen molar-refractivity contribution in [1.29, 1.82) is 0 Å². The molecule has 1 N–H and O–H groups in total. The van der Waals surface area contributed by atoms with E-state index in [4.69, 9.17) is 4.74 Å². The van der Waals surface area contributed by atoms with Crippen LogP contribution in [0.25, 0.3) is 0 Å². The molecule has 0 saturated carbocycles. The highest BCUT2D eigenvalue weighted by atomic mass is 16.5. The van der Waals surface area contributed by atoms with E-state index in [9.17, 15) is 5.11 Å². The topological polar surface area (TPSA) is 45.6 Å². The van der Waals surface area contributed by atoms with E-state index in [0.29, 0.717) is 0 Å². The smallest absolute Gasteiger partial charge is 0.123 e. The van der Waals surface area contributed by atoms with Crippen LogP contribution < -0.4 is 4.74 Å². The first-order chi connectivity index (χ1) is 10.3. The van der Waals surface area contributed by atoms with E-state index in [-0.39, 0.29) is 6.61 Å². The molecule has 2 rings (SSSR count). The molecule has 1 aromatic carbocycles. The average Bonchev–Trinajstić information content (AvgIpc) is 2.55. The molecule has 0 spiro atoms. The molecule has 1 aromatic heterocycles. The molecule has 0 aliphatic carbocycles. The number of nitrogens with zero attached hydrogens (tertiary/aromatic N) is 2. The minimum atomic E-state index is 0.0450. The highest BCUT2D eigenvalue weighted by Gasteiger charge is 2.10. The highest BCUT2D eigenvalue weighted by molar-refractivity contribution is 5.37. The Labute approximate surface area is 126 Å². The van der Waals surface area contributed by atoms with Gasteiger partial charge in [-0.2, -0.15) is 0 Å². The molecule has 0 aliphatic rings. The number of ether oxygens (including phenoxy) is 1. The molecule has 0 aliphatic heterocycles. The van der Waals surface area contributed by atoms with Gasteiger partial charge in [0.25, 0.3) is 0 Å². The number of benzene rings is 1. The third-order valence-corrected chi connectivity index (χ3v) is 3.48. The number of aliphatic hydroxyl groups excluding tert-OH is 1. The minimum absolute atomic E-state index is 0.0450. The van der Waals surface area contributed by atoms with Crippen LogP contribution in [0, 0.1) is 0 Å². The van der Waals surface area contributed by atoms with Crippen molar-refractivity contribution in [3.05, 3.63) is 59.4 Å². The Bertz CT molecular complexity index is 558. The monoisotopic (exact) mass is 286 g/mol. The summed E-state index contributed by atoms with van der Waals surface area (Å²) in [5.41, 5.74) is 3.04. The van der Waals surface area contributed by atoms with Crippen LogP contribution in [-0.4, -0.2) is 28.6 Å². The van der Waals surface area contributed by atoms with Crippen LogP contribution in [-0.2, 0) is 19.7 Å². The minimum Gasteiger partial charge on any atom is -0.496 e. The maximum atomic E-state index is 9.29. The van der Waals surface area contributed by atoms with E-state index >= 15 is 0 Å². The fourth-order valence-electron chi connectivity index (χ4n) is 2.30. The maximum Gasteiger partial charge on any atom is 0.123 e. The molecule has 2 aromatic rings. The summed E-state index contributed by atoms with van der Waals surface area (Å²) >= 11 is 0. The molecule has 0 radical (unpaired) electrons. The van der Waals surface area contributed by atoms with Crippen molar-refractivity contribution in [3.8, 4) is 5.75 Å². The zero-order valence-corrected chi connectivity index (χ0v) is 12.6. The molecule has 4 nitrogen and oxygen atoms in total. The Morgan fingerprint density at radius 1 is 1.19 bits per heavy atom. The zero-order chi connectivity index (χ0) is 15.1. The second-order valence-corrected chi connectivity index (χ2v) is 4.93. The van der Waals surface area contributed by atoms with Crippen molar-refractivity contribution in [2.24, 2.45) is 0 Å². The summed E-state index contributed by atoms with van der Waals surface area (Å²) in [5, 5.41) is 9.29. The van der Waals surface area contributed by atoms with Gasteiger partial charge in [0.1, 0.15) is 5.75 Å². The lowest BCUT2D eigenvalue weighted by Crippen LogP contribution is -2.23. The van der Waals surface area contributed by atoms with E-state index in [1.54, 1.807) is 7.11 Å². The summed E-state index contributed by atoms with van der Waals surface area (Å²) in [5.74, 6) is 0.853. The molecule has 0 saturated heterocycles. The van der Waals surface area contributed by atoms with E-state index < -0.39 is 0 Å². The standard InChI is InChI=1S/C17H22N2O2/c1-3-19(12-16-6-4-5-9-18-16)11-15-10-14(13-20)7-8-17(15)21-2/h4-10,20H,3,11-13H2,1-2H3.